The van der Waals surface area contributed by atoms with E-state index in [1.165, 1.54) is 12.1 Å². The van der Waals surface area contributed by atoms with Crippen LogP contribution in [0.3, 0.4) is 0 Å². The van der Waals surface area contributed by atoms with Crippen LogP contribution in [0, 0.1) is 5.82 Å². The molecule has 0 unspecified atom stereocenters. The van der Waals surface area contributed by atoms with Gasteiger partial charge in [0.2, 0.25) is 5.91 Å². The summed E-state index contributed by atoms with van der Waals surface area (Å²) >= 11 is 1.63. The molecule has 27 heavy (non-hydrogen) atoms. The van der Waals surface area contributed by atoms with Gasteiger partial charge in [0.15, 0.2) is 11.5 Å². The van der Waals surface area contributed by atoms with Crippen LogP contribution in [0.5, 0.6) is 11.5 Å². The maximum atomic E-state index is 13.4. The summed E-state index contributed by atoms with van der Waals surface area (Å²) in [5, 5.41) is 4.89. The Morgan fingerprint density at radius 2 is 2.07 bits per heavy atom. The van der Waals surface area contributed by atoms with Gasteiger partial charge in [-0.3, -0.25) is 4.79 Å². The topological polar surface area (TPSA) is 47.6 Å². The Morgan fingerprint density at radius 1 is 1.19 bits per heavy atom. The number of thiophene rings is 1. The van der Waals surface area contributed by atoms with Crippen molar-refractivity contribution in [1.29, 1.82) is 0 Å². The fourth-order valence-corrected chi connectivity index (χ4v) is 4.23. The third kappa shape index (κ3) is 3.66. The van der Waals surface area contributed by atoms with Crippen LogP contribution in [0.15, 0.2) is 53.9 Å². The van der Waals surface area contributed by atoms with E-state index in [1.807, 2.05) is 35.7 Å². The minimum Gasteiger partial charge on any atom is -0.493 e. The SMILES string of the molecule is COc1ccc([C@H]2CC(=O)Nc3ccsc32)cc1OCc1cccc(F)c1. The van der Waals surface area contributed by atoms with Crippen molar-refractivity contribution in [3.63, 3.8) is 0 Å². The summed E-state index contributed by atoms with van der Waals surface area (Å²) < 4.78 is 24.7. The van der Waals surface area contributed by atoms with Crippen molar-refractivity contribution < 1.29 is 18.7 Å². The number of nitrogens with one attached hydrogen (secondary N) is 1. The van der Waals surface area contributed by atoms with Gasteiger partial charge < -0.3 is 14.8 Å². The molecule has 0 aliphatic carbocycles. The van der Waals surface area contributed by atoms with E-state index in [1.54, 1.807) is 24.5 Å². The number of amides is 1. The molecule has 0 fully saturated rings. The molecule has 0 spiro atoms. The van der Waals surface area contributed by atoms with Crippen LogP contribution in [0.1, 0.15) is 28.3 Å². The monoisotopic (exact) mass is 383 g/mol. The summed E-state index contributed by atoms with van der Waals surface area (Å²) in [4.78, 5) is 13.2. The number of anilines is 1. The Bertz CT molecular complexity index is 985. The second-order valence-corrected chi connectivity index (χ2v) is 7.28. The summed E-state index contributed by atoms with van der Waals surface area (Å²) in [5.41, 5.74) is 2.60. The number of ether oxygens (including phenoxy) is 2. The van der Waals surface area contributed by atoms with Gasteiger partial charge in [-0.1, -0.05) is 18.2 Å². The number of rotatable bonds is 5. The fourth-order valence-electron chi connectivity index (χ4n) is 3.25. The van der Waals surface area contributed by atoms with Crippen molar-refractivity contribution >= 4 is 22.9 Å². The molecule has 1 N–H and O–H groups in total. The summed E-state index contributed by atoms with van der Waals surface area (Å²) in [6, 6.07) is 13.9. The summed E-state index contributed by atoms with van der Waals surface area (Å²) in [6.45, 7) is 0.229. The number of carbonyl (C=O) groups is 1. The van der Waals surface area contributed by atoms with Gasteiger partial charge in [-0.25, -0.2) is 4.39 Å². The molecule has 0 saturated carbocycles. The van der Waals surface area contributed by atoms with Crippen LogP contribution in [-0.4, -0.2) is 13.0 Å². The molecule has 4 nitrogen and oxygen atoms in total. The lowest BCUT2D eigenvalue weighted by atomic mass is 9.90. The molecule has 0 saturated heterocycles. The summed E-state index contributed by atoms with van der Waals surface area (Å²) in [5.74, 6) is 0.862. The molecule has 138 valence electrons. The first-order valence-corrected chi connectivity index (χ1v) is 9.44. The van der Waals surface area contributed by atoms with Gasteiger partial charge in [0, 0.05) is 17.2 Å². The molecule has 0 radical (unpaired) electrons. The number of methoxy groups -OCH3 is 1. The van der Waals surface area contributed by atoms with Crippen LogP contribution in [0.4, 0.5) is 10.1 Å². The molecule has 2 aromatic carbocycles. The Labute approximate surface area is 160 Å². The summed E-state index contributed by atoms with van der Waals surface area (Å²) in [7, 11) is 1.58. The highest BCUT2D eigenvalue weighted by Gasteiger charge is 2.28. The highest BCUT2D eigenvalue weighted by atomic mass is 32.1. The highest BCUT2D eigenvalue weighted by Crippen LogP contribution is 2.42. The first-order chi connectivity index (χ1) is 13.1. The van der Waals surface area contributed by atoms with Gasteiger partial charge in [0.1, 0.15) is 12.4 Å². The van der Waals surface area contributed by atoms with Crippen LogP contribution in [0.25, 0.3) is 0 Å². The Hall–Kier alpha value is -2.86. The number of carbonyl (C=O) groups excluding carboxylic acids is 1. The summed E-state index contributed by atoms with van der Waals surface area (Å²) in [6.07, 6.45) is 0.392. The molecule has 1 atom stereocenters. The van der Waals surface area contributed by atoms with Crippen molar-refractivity contribution in [2.45, 2.75) is 18.9 Å². The molecule has 2 heterocycles. The zero-order chi connectivity index (χ0) is 18.8. The zero-order valence-corrected chi connectivity index (χ0v) is 15.5. The van der Waals surface area contributed by atoms with E-state index in [2.05, 4.69) is 5.32 Å². The van der Waals surface area contributed by atoms with Gasteiger partial charge in [0.25, 0.3) is 0 Å². The highest BCUT2D eigenvalue weighted by molar-refractivity contribution is 7.10. The first kappa shape index (κ1) is 17.5. The molecular weight excluding hydrogens is 365 g/mol. The van der Waals surface area contributed by atoms with Gasteiger partial charge in [-0.15, -0.1) is 11.3 Å². The van der Waals surface area contributed by atoms with Crippen molar-refractivity contribution in [2.75, 3.05) is 12.4 Å². The average Bonchev–Trinajstić information content (AvgIpc) is 3.14. The van der Waals surface area contributed by atoms with E-state index < -0.39 is 0 Å². The van der Waals surface area contributed by atoms with Gasteiger partial charge in [-0.05, 0) is 46.8 Å². The van der Waals surface area contributed by atoms with E-state index in [9.17, 15) is 9.18 Å². The predicted octanol–water partition coefficient (Wildman–Crippen LogP) is 4.95. The van der Waals surface area contributed by atoms with Gasteiger partial charge in [-0.2, -0.15) is 0 Å². The van der Waals surface area contributed by atoms with Crippen LogP contribution in [-0.2, 0) is 11.4 Å². The first-order valence-electron chi connectivity index (χ1n) is 8.56. The minimum absolute atomic E-state index is 0.00365. The zero-order valence-electron chi connectivity index (χ0n) is 14.7. The van der Waals surface area contributed by atoms with Crippen LogP contribution < -0.4 is 14.8 Å². The van der Waals surface area contributed by atoms with Crippen molar-refractivity contribution in [2.24, 2.45) is 0 Å². The maximum absolute atomic E-state index is 13.4. The maximum Gasteiger partial charge on any atom is 0.225 e. The molecule has 1 aliphatic rings. The van der Waals surface area contributed by atoms with Crippen molar-refractivity contribution in [3.8, 4) is 11.5 Å². The molecule has 1 amide bonds. The molecular formula is C21H18FNO3S. The van der Waals surface area contributed by atoms with Crippen LogP contribution in [0.2, 0.25) is 0 Å². The second-order valence-electron chi connectivity index (χ2n) is 6.33. The van der Waals surface area contributed by atoms with Crippen LogP contribution >= 0.6 is 11.3 Å². The van der Waals surface area contributed by atoms with Gasteiger partial charge in [0.05, 0.1) is 12.8 Å². The third-order valence-corrected chi connectivity index (χ3v) is 5.58. The lowest BCUT2D eigenvalue weighted by Crippen LogP contribution is -2.22. The van der Waals surface area contributed by atoms with Crippen molar-refractivity contribution in [1.82, 2.24) is 0 Å². The lowest BCUT2D eigenvalue weighted by Gasteiger charge is -2.23. The van der Waals surface area contributed by atoms with Crippen molar-refractivity contribution in [3.05, 3.63) is 75.7 Å². The Kier molecular flexibility index (Phi) is 4.81. The van der Waals surface area contributed by atoms with E-state index >= 15 is 0 Å². The Morgan fingerprint density at radius 3 is 2.89 bits per heavy atom. The molecule has 3 aromatic rings. The average molecular weight is 383 g/mol. The number of hydrogen-bond donors (Lipinski definition) is 1. The van der Waals surface area contributed by atoms with E-state index in [-0.39, 0.29) is 24.2 Å². The molecule has 0 bridgehead atoms. The Balaban J connectivity index is 1.62. The number of benzene rings is 2. The predicted molar refractivity (Wildman–Crippen MR) is 103 cm³/mol. The molecule has 6 heteroatoms. The smallest absolute Gasteiger partial charge is 0.225 e. The second kappa shape index (κ2) is 7.40. The van der Waals surface area contributed by atoms with E-state index in [0.29, 0.717) is 17.9 Å². The number of fused-ring (bicyclic) bond motifs is 1. The third-order valence-electron chi connectivity index (χ3n) is 4.55. The normalized spacial score (nSPS) is 15.8. The number of halogens is 1. The molecule has 4 rings (SSSR count). The van der Waals surface area contributed by atoms with E-state index in [4.69, 9.17) is 9.47 Å². The van der Waals surface area contributed by atoms with E-state index in [0.717, 1.165) is 21.7 Å². The molecule has 1 aromatic heterocycles. The van der Waals surface area contributed by atoms with Gasteiger partial charge >= 0.3 is 0 Å². The fraction of sp³-hybridized carbons (Fsp3) is 0.190. The standard InChI is InChI=1S/C21H18FNO3S/c1-25-18-6-5-14(16-11-20(24)23-17-7-8-27-21(16)17)10-19(18)26-12-13-3-2-4-15(22)9-13/h2-10,16H,11-12H2,1H3,(H,23,24)/t16-/m1/s1. The minimum atomic E-state index is -0.296. The lowest BCUT2D eigenvalue weighted by molar-refractivity contribution is -0.116. The largest absolute Gasteiger partial charge is 0.493 e. The number of hydrogen-bond acceptors (Lipinski definition) is 4. The molecule has 1 aliphatic heterocycles. The quantitative estimate of drug-likeness (QED) is 0.678.